The first kappa shape index (κ1) is 22.9. The van der Waals surface area contributed by atoms with Crippen molar-refractivity contribution in [3.8, 4) is 23.0 Å². The minimum absolute atomic E-state index is 0.0657. The van der Waals surface area contributed by atoms with Crippen LogP contribution in [0.25, 0.3) is 6.08 Å². The molecule has 1 fully saturated rings. The molecule has 2 aromatic rings. The van der Waals surface area contributed by atoms with Crippen LogP contribution in [0.2, 0.25) is 0 Å². The third-order valence-corrected chi connectivity index (χ3v) is 5.32. The molecule has 3 rings (SSSR count). The molecule has 0 atom stereocenters. The Balaban J connectivity index is 1.73. The SMILES string of the molecule is COc1ccc(C=C2SC(=O)N(CC(=O)Oc3ccc(C=O)cc3OC)C2=O)cc1OC. The fraction of sp³-hybridized carbons (Fsp3) is 0.182. The van der Waals surface area contributed by atoms with E-state index in [0.717, 1.165) is 4.90 Å². The van der Waals surface area contributed by atoms with E-state index in [-0.39, 0.29) is 16.4 Å². The lowest BCUT2D eigenvalue weighted by Crippen LogP contribution is -2.35. The van der Waals surface area contributed by atoms with Crippen LogP contribution >= 0.6 is 11.8 Å². The number of aldehydes is 1. The molecule has 10 heteroatoms. The molecular weight excluding hydrogens is 438 g/mol. The number of benzene rings is 2. The molecule has 2 amide bonds. The van der Waals surface area contributed by atoms with Gasteiger partial charge in [0.25, 0.3) is 11.1 Å². The Morgan fingerprint density at radius 3 is 2.16 bits per heavy atom. The average Bonchev–Trinajstić information content (AvgIpc) is 3.06. The van der Waals surface area contributed by atoms with E-state index in [9.17, 15) is 19.2 Å². The molecule has 1 aliphatic rings. The summed E-state index contributed by atoms with van der Waals surface area (Å²) in [5, 5.41) is -0.595. The van der Waals surface area contributed by atoms with Gasteiger partial charge in [0.15, 0.2) is 23.0 Å². The van der Waals surface area contributed by atoms with Crippen molar-refractivity contribution in [2.75, 3.05) is 27.9 Å². The maximum absolute atomic E-state index is 12.7. The van der Waals surface area contributed by atoms with E-state index in [1.54, 1.807) is 18.2 Å². The predicted octanol–water partition coefficient (Wildman–Crippen LogP) is 3.17. The molecule has 1 saturated heterocycles. The zero-order valence-electron chi connectivity index (χ0n) is 17.4. The van der Waals surface area contributed by atoms with Crippen LogP contribution in [0.5, 0.6) is 23.0 Å². The Hall–Kier alpha value is -3.79. The fourth-order valence-corrected chi connectivity index (χ4v) is 3.69. The topological polar surface area (TPSA) is 108 Å². The van der Waals surface area contributed by atoms with Gasteiger partial charge in [0.1, 0.15) is 12.8 Å². The number of thioether (sulfide) groups is 1. The Bertz CT molecular complexity index is 1110. The van der Waals surface area contributed by atoms with Crippen LogP contribution in [0.3, 0.4) is 0 Å². The van der Waals surface area contributed by atoms with Crippen LogP contribution in [0.15, 0.2) is 41.3 Å². The third-order valence-electron chi connectivity index (χ3n) is 4.41. The number of imide groups is 1. The Kier molecular flexibility index (Phi) is 7.16. The Labute approximate surface area is 187 Å². The first-order chi connectivity index (χ1) is 15.4. The summed E-state index contributed by atoms with van der Waals surface area (Å²) in [4.78, 5) is 49.2. The first-order valence-electron chi connectivity index (χ1n) is 9.21. The quantitative estimate of drug-likeness (QED) is 0.256. The predicted molar refractivity (Wildman–Crippen MR) is 116 cm³/mol. The van der Waals surface area contributed by atoms with Crippen LogP contribution in [-0.4, -0.2) is 56.2 Å². The van der Waals surface area contributed by atoms with Crippen molar-refractivity contribution >= 4 is 41.2 Å². The van der Waals surface area contributed by atoms with Crippen LogP contribution in [0.4, 0.5) is 4.79 Å². The summed E-state index contributed by atoms with van der Waals surface area (Å²) in [7, 11) is 4.35. The lowest BCUT2D eigenvalue weighted by atomic mass is 10.2. The van der Waals surface area contributed by atoms with Gasteiger partial charge in [-0.2, -0.15) is 0 Å². The van der Waals surface area contributed by atoms with E-state index in [0.29, 0.717) is 40.7 Å². The van der Waals surface area contributed by atoms with E-state index in [1.165, 1.54) is 45.6 Å². The van der Waals surface area contributed by atoms with Gasteiger partial charge in [-0.15, -0.1) is 0 Å². The smallest absolute Gasteiger partial charge is 0.331 e. The molecule has 0 spiro atoms. The molecule has 0 bridgehead atoms. The second-order valence-electron chi connectivity index (χ2n) is 6.38. The van der Waals surface area contributed by atoms with Gasteiger partial charge >= 0.3 is 5.97 Å². The van der Waals surface area contributed by atoms with Crippen molar-refractivity contribution in [2.24, 2.45) is 0 Å². The highest BCUT2D eigenvalue weighted by atomic mass is 32.2. The number of ether oxygens (including phenoxy) is 4. The van der Waals surface area contributed by atoms with Crippen LogP contribution in [0.1, 0.15) is 15.9 Å². The summed E-state index contributed by atoms with van der Waals surface area (Å²) in [6, 6.07) is 9.29. The van der Waals surface area contributed by atoms with Crippen molar-refractivity contribution in [2.45, 2.75) is 0 Å². The van der Waals surface area contributed by atoms with Gasteiger partial charge in [0, 0.05) is 5.56 Å². The summed E-state index contributed by atoms with van der Waals surface area (Å²) in [5.74, 6) is -0.219. The van der Waals surface area contributed by atoms with Gasteiger partial charge in [0.05, 0.1) is 26.2 Å². The van der Waals surface area contributed by atoms with E-state index in [2.05, 4.69) is 0 Å². The number of hydrogen-bond donors (Lipinski definition) is 0. The molecule has 0 aliphatic carbocycles. The van der Waals surface area contributed by atoms with Crippen LogP contribution in [-0.2, 0) is 9.59 Å². The van der Waals surface area contributed by atoms with Crippen molar-refractivity contribution in [1.29, 1.82) is 0 Å². The second kappa shape index (κ2) is 10.0. The van der Waals surface area contributed by atoms with Gasteiger partial charge in [-0.1, -0.05) is 6.07 Å². The number of carbonyl (C=O) groups excluding carboxylic acids is 4. The Morgan fingerprint density at radius 2 is 1.50 bits per heavy atom. The van der Waals surface area contributed by atoms with Gasteiger partial charge < -0.3 is 18.9 Å². The van der Waals surface area contributed by atoms with Gasteiger partial charge in [-0.05, 0) is 53.7 Å². The minimum Gasteiger partial charge on any atom is -0.493 e. The zero-order valence-corrected chi connectivity index (χ0v) is 18.3. The van der Waals surface area contributed by atoms with Crippen molar-refractivity contribution in [3.63, 3.8) is 0 Å². The monoisotopic (exact) mass is 457 g/mol. The summed E-state index contributed by atoms with van der Waals surface area (Å²) in [5.41, 5.74) is 0.962. The van der Waals surface area contributed by atoms with Crippen LogP contribution < -0.4 is 18.9 Å². The number of rotatable bonds is 8. The molecule has 0 radical (unpaired) electrons. The lowest BCUT2D eigenvalue weighted by molar-refractivity contribution is -0.138. The van der Waals surface area contributed by atoms with Gasteiger partial charge in [0.2, 0.25) is 0 Å². The highest BCUT2D eigenvalue weighted by Gasteiger charge is 2.37. The molecule has 0 N–H and O–H groups in total. The molecule has 1 aliphatic heterocycles. The summed E-state index contributed by atoms with van der Waals surface area (Å²) in [6.07, 6.45) is 2.15. The average molecular weight is 457 g/mol. The number of hydrogen-bond acceptors (Lipinski definition) is 9. The maximum atomic E-state index is 12.7. The first-order valence-corrected chi connectivity index (χ1v) is 10.0. The maximum Gasteiger partial charge on any atom is 0.331 e. The second-order valence-corrected chi connectivity index (χ2v) is 7.38. The summed E-state index contributed by atoms with van der Waals surface area (Å²) in [6.45, 7) is -0.577. The highest BCUT2D eigenvalue weighted by molar-refractivity contribution is 8.18. The normalized spacial score (nSPS) is 14.5. The lowest BCUT2D eigenvalue weighted by Gasteiger charge is -2.13. The highest BCUT2D eigenvalue weighted by Crippen LogP contribution is 2.34. The van der Waals surface area contributed by atoms with Gasteiger partial charge in [-0.3, -0.25) is 19.3 Å². The summed E-state index contributed by atoms with van der Waals surface area (Å²) < 4.78 is 20.7. The molecule has 32 heavy (non-hydrogen) atoms. The van der Waals surface area contributed by atoms with Crippen molar-refractivity contribution in [3.05, 3.63) is 52.4 Å². The Morgan fingerprint density at radius 1 is 0.906 bits per heavy atom. The largest absolute Gasteiger partial charge is 0.493 e. The molecule has 2 aromatic carbocycles. The fourth-order valence-electron chi connectivity index (χ4n) is 2.86. The molecule has 0 aromatic heterocycles. The summed E-state index contributed by atoms with van der Waals surface area (Å²) >= 11 is 0.716. The molecule has 166 valence electrons. The van der Waals surface area contributed by atoms with Crippen molar-refractivity contribution in [1.82, 2.24) is 4.90 Å². The van der Waals surface area contributed by atoms with E-state index in [1.807, 2.05) is 0 Å². The minimum atomic E-state index is -0.836. The third kappa shape index (κ3) is 4.92. The number of carbonyl (C=O) groups is 4. The molecule has 9 nitrogen and oxygen atoms in total. The van der Waals surface area contributed by atoms with Gasteiger partial charge in [-0.25, -0.2) is 4.79 Å². The number of nitrogens with zero attached hydrogens (tertiary/aromatic N) is 1. The molecule has 1 heterocycles. The zero-order chi connectivity index (χ0) is 23.3. The van der Waals surface area contributed by atoms with E-state index < -0.39 is 23.7 Å². The number of amides is 2. The number of methoxy groups -OCH3 is 3. The van der Waals surface area contributed by atoms with Crippen molar-refractivity contribution < 1.29 is 38.1 Å². The van der Waals surface area contributed by atoms with E-state index >= 15 is 0 Å². The number of esters is 1. The van der Waals surface area contributed by atoms with E-state index in [4.69, 9.17) is 18.9 Å². The molecular formula is C22H19NO8S. The molecule has 0 saturated carbocycles. The molecule has 0 unspecified atom stereocenters. The standard InChI is InChI=1S/C22H19NO8S/c1-28-15-6-4-13(8-17(15)29-2)10-19-21(26)23(22(27)32-19)11-20(25)31-16-7-5-14(12-24)9-18(16)30-3/h4-10,12H,11H2,1-3H3. The van der Waals surface area contributed by atoms with Crippen LogP contribution in [0, 0.1) is 0 Å².